The summed E-state index contributed by atoms with van der Waals surface area (Å²) in [4.78, 5) is 39.1. The molecule has 0 radical (unpaired) electrons. The SMILES string of the molecule is Cc1c(C(=O)N(C)CC(=O)N2CCC(C(=O)O)CC2)oc2c(Cl)cccc12. The average molecular weight is 393 g/mol. The quantitative estimate of drug-likeness (QED) is 0.863. The van der Waals surface area contributed by atoms with Gasteiger partial charge < -0.3 is 19.3 Å². The van der Waals surface area contributed by atoms with Gasteiger partial charge in [-0.1, -0.05) is 23.7 Å². The zero-order chi connectivity index (χ0) is 19.7. The normalized spacial score (nSPS) is 15.1. The molecule has 1 aromatic carbocycles. The van der Waals surface area contributed by atoms with E-state index in [9.17, 15) is 14.4 Å². The number of hydrogen-bond acceptors (Lipinski definition) is 4. The largest absolute Gasteiger partial charge is 0.481 e. The van der Waals surface area contributed by atoms with E-state index in [1.807, 2.05) is 6.07 Å². The van der Waals surface area contributed by atoms with E-state index in [4.69, 9.17) is 21.1 Å². The number of carboxylic acid groups (broad SMARTS) is 1. The summed E-state index contributed by atoms with van der Waals surface area (Å²) in [5.41, 5.74) is 1.13. The minimum absolute atomic E-state index is 0.0964. The number of piperidine rings is 1. The zero-order valence-corrected chi connectivity index (χ0v) is 16.0. The number of benzene rings is 1. The Morgan fingerprint density at radius 1 is 1.30 bits per heavy atom. The van der Waals surface area contributed by atoms with Crippen molar-refractivity contribution in [2.24, 2.45) is 5.92 Å². The number of hydrogen-bond donors (Lipinski definition) is 1. The summed E-state index contributed by atoms with van der Waals surface area (Å²) < 4.78 is 5.67. The van der Waals surface area contributed by atoms with E-state index in [1.54, 1.807) is 31.0 Å². The minimum Gasteiger partial charge on any atom is -0.481 e. The molecule has 1 fully saturated rings. The summed E-state index contributed by atoms with van der Waals surface area (Å²) in [7, 11) is 1.54. The molecule has 27 heavy (non-hydrogen) atoms. The number of carbonyl (C=O) groups is 3. The molecule has 1 N–H and O–H groups in total. The molecule has 0 unspecified atom stereocenters. The molecule has 0 saturated carbocycles. The topological polar surface area (TPSA) is 91.1 Å². The lowest BCUT2D eigenvalue weighted by molar-refractivity contribution is -0.145. The second-order valence-corrected chi connectivity index (χ2v) is 7.23. The van der Waals surface area contributed by atoms with Crippen LogP contribution in [0.2, 0.25) is 5.02 Å². The first-order valence-corrected chi connectivity index (χ1v) is 9.11. The van der Waals surface area contributed by atoms with E-state index in [-0.39, 0.29) is 18.2 Å². The molecule has 1 saturated heterocycles. The van der Waals surface area contributed by atoms with Crippen molar-refractivity contribution in [2.45, 2.75) is 19.8 Å². The number of halogens is 1. The predicted octanol–water partition coefficient (Wildman–Crippen LogP) is 2.79. The van der Waals surface area contributed by atoms with Crippen LogP contribution in [0.5, 0.6) is 0 Å². The molecular weight excluding hydrogens is 372 g/mol. The molecule has 1 aliphatic rings. The van der Waals surface area contributed by atoms with Crippen LogP contribution in [0.15, 0.2) is 22.6 Å². The Kier molecular flexibility index (Phi) is 5.41. The highest BCUT2D eigenvalue weighted by molar-refractivity contribution is 6.35. The van der Waals surface area contributed by atoms with Crippen LogP contribution in [-0.2, 0) is 9.59 Å². The third-order valence-corrected chi connectivity index (χ3v) is 5.32. The standard InChI is InChI=1S/C19H21ClN2O5/c1-11-13-4-3-5-14(20)17(13)27-16(11)18(24)21(2)10-15(23)22-8-6-12(7-9-22)19(25)26/h3-5,12H,6-10H2,1-2H3,(H,25,26). The van der Waals surface area contributed by atoms with Crippen molar-refractivity contribution in [2.75, 3.05) is 26.7 Å². The number of carbonyl (C=O) groups excluding carboxylic acids is 2. The number of rotatable bonds is 4. The summed E-state index contributed by atoms with van der Waals surface area (Å²) >= 11 is 6.13. The van der Waals surface area contributed by atoms with E-state index < -0.39 is 17.8 Å². The van der Waals surface area contributed by atoms with Gasteiger partial charge in [-0.3, -0.25) is 14.4 Å². The van der Waals surface area contributed by atoms with E-state index in [2.05, 4.69) is 0 Å². The van der Waals surface area contributed by atoms with Gasteiger partial charge in [0.1, 0.15) is 0 Å². The molecule has 3 rings (SSSR count). The summed E-state index contributed by atoms with van der Waals surface area (Å²) in [5, 5.41) is 10.2. The fourth-order valence-electron chi connectivity index (χ4n) is 3.34. The predicted molar refractivity (Wildman–Crippen MR) is 99.9 cm³/mol. The lowest BCUT2D eigenvalue weighted by Crippen LogP contribution is -2.45. The number of para-hydroxylation sites is 1. The molecule has 144 valence electrons. The van der Waals surface area contributed by atoms with E-state index in [0.29, 0.717) is 42.1 Å². The lowest BCUT2D eigenvalue weighted by Gasteiger charge is -2.31. The van der Waals surface area contributed by atoms with Crippen LogP contribution in [0, 0.1) is 12.8 Å². The van der Waals surface area contributed by atoms with E-state index in [0.717, 1.165) is 5.39 Å². The first kappa shape index (κ1) is 19.2. The minimum atomic E-state index is -0.826. The van der Waals surface area contributed by atoms with Crippen molar-refractivity contribution >= 4 is 40.4 Å². The third-order valence-electron chi connectivity index (χ3n) is 5.03. The lowest BCUT2D eigenvalue weighted by atomic mass is 9.97. The van der Waals surface area contributed by atoms with Crippen LogP contribution in [0.4, 0.5) is 0 Å². The number of aryl methyl sites for hydroxylation is 1. The van der Waals surface area contributed by atoms with Gasteiger partial charge in [-0.05, 0) is 25.8 Å². The van der Waals surface area contributed by atoms with Gasteiger partial charge >= 0.3 is 5.97 Å². The van der Waals surface area contributed by atoms with Crippen LogP contribution in [0.1, 0.15) is 29.0 Å². The number of amides is 2. The molecule has 0 bridgehead atoms. The van der Waals surface area contributed by atoms with Crippen molar-refractivity contribution < 1.29 is 23.9 Å². The zero-order valence-electron chi connectivity index (χ0n) is 15.2. The average Bonchev–Trinajstić information content (AvgIpc) is 2.99. The Labute approximate surface area is 161 Å². The van der Waals surface area contributed by atoms with Gasteiger partial charge in [0, 0.05) is 31.1 Å². The second-order valence-electron chi connectivity index (χ2n) is 6.83. The molecule has 0 spiro atoms. The van der Waals surface area contributed by atoms with Crippen molar-refractivity contribution in [3.8, 4) is 0 Å². The first-order chi connectivity index (χ1) is 12.8. The highest BCUT2D eigenvalue weighted by atomic mass is 35.5. The van der Waals surface area contributed by atoms with Gasteiger partial charge in [0.2, 0.25) is 5.91 Å². The number of fused-ring (bicyclic) bond motifs is 1. The second kappa shape index (κ2) is 7.60. The summed E-state index contributed by atoms with van der Waals surface area (Å²) in [5.74, 6) is -1.67. The Morgan fingerprint density at radius 3 is 2.56 bits per heavy atom. The fraction of sp³-hybridized carbons (Fsp3) is 0.421. The Balaban J connectivity index is 1.68. The maximum Gasteiger partial charge on any atom is 0.306 e. The Morgan fingerprint density at radius 2 is 1.96 bits per heavy atom. The third kappa shape index (κ3) is 3.78. The van der Waals surface area contributed by atoms with Crippen molar-refractivity contribution in [3.05, 3.63) is 34.5 Å². The molecule has 2 aromatic rings. The van der Waals surface area contributed by atoms with Crippen molar-refractivity contribution in [1.82, 2.24) is 9.80 Å². The fourth-order valence-corrected chi connectivity index (χ4v) is 3.55. The van der Waals surface area contributed by atoms with Crippen molar-refractivity contribution in [1.29, 1.82) is 0 Å². The molecule has 7 nitrogen and oxygen atoms in total. The van der Waals surface area contributed by atoms with Crippen LogP contribution >= 0.6 is 11.6 Å². The molecule has 0 atom stereocenters. The van der Waals surface area contributed by atoms with Crippen LogP contribution in [-0.4, -0.2) is 59.4 Å². The highest BCUT2D eigenvalue weighted by Gasteiger charge is 2.29. The number of carboxylic acids is 1. The maximum atomic E-state index is 12.7. The Bertz CT molecular complexity index is 899. The van der Waals surface area contributed by atoms with Gasteiger partial charge in [-0.2, -0.15) is 0 Å². The Hall–Kier alpha value is -2.54. The van der Waals surface area contributed by atoms with Gasteiger partial charge in [0.15, 0.2) is 11.3 Å². The van der Waals surface area contributed by atoms with Gasteiger partial charge in [0.25, 0.3) is 5.91 Å². The summed E-state index contributed by atoms with van der Waals surface area (Å²) in [6.07, 6.45) is 0.861. The van der Waals surface area contributed by atoms with Crippen LogP contribution in [0.3, 0.4) is 0 Å². The van der Waals surface area contributed by atoms with Gasteiger partial charge in [-0.15, -0.1) is 0 Å². The number of likely N-dealkylation sites (N-methyl/N-ethyl adjacent to an activating group) is 1. The van der Waals surface area contributed by atoms with Gasteiger partial charge in [-0.25, -0.2) is 0 Å². The molecule has 2 amide bonds. The van der Waals surface area contributed by atoms with Crippen LogP contribution < -0.4 is 0 Å². The summed E-state index contributed by atoms with van der Waals surface area (Å²) in [6.45, 7) is 2.46. The smallest absolute Gasteiger partial charge is 0.306 e. The first-order valence-electron chi connectivity index (χ1n) is 8.73. The molecular formula is C19H21ClN2O5. The van der Waals surface area contributed by atoms with E-state index >= 15 is 0 Å². The number of likely N-dealkylation sites (tertiary alicyclic amines) is 1. The van der Waals surface area contributed by atoms with Gasteiger partial charge in [0.05, 0.1) is 17.5 Å². The molecule has 1 aromatic heterocycles. The number of nitrogens with zero attached hydrogens (tertiary/aromatic N) is 2. The molecule has 0 aliphatic carbocycles. The molecule has 1 aliphatic heterocycles. The molecule has 2 heterocycles. The maximum absolute atomic E-state index is 12.7. The monoisotopic (exact) mass is 392 g/mol. The molecule has 8 heteroatoms. The van der Waals surface area contributed by atoms with E-state index in [1.165, 1.54) is 4.90 Å². The summed E-state index contributed by atoms with van der Waals surface area (Å²) in [6, 6.07) is 5.30. The van der Waals surface area contributed by atoms with Crippen molar-refractivity contribution in [3.63, 3.8) is 0 Å². The number of aliphatic carboxylic acids is 1. The van der Waals surface area contributed by atoms with Crippen LogP contribution in [0.25, 0.3) is 11.0 Å². The highest BCUT2D eigenvalue weighted by Crippen LogP contribution is 2.31. The number of furan rings is 1.